The SMILES string of the molecule is COCc1cccc(-n2cnc3cc(C(=N)N)ccc32)n1.Cl.Cl. The van der Waals surface area contributed by atoms with Gasteiger partial charge in [-0.05, 0) is 30.3 Å². The number of benzene rings is 1. The van der Waals surface area contributed by atoms with E-state index in [2.05, 4.69) is 9.97 Å². The van der Waals surface area contributed by atoms with E-state index in [9.17, 15) is 0 Å². The fourth-order valence-electron chi connectivity index (χ4n) is 2.19. The maximum Gasteiger partial charge on any atom is 0.138 e. The lowest BCUT2D eigenvalue weighted by Crippen LogP contribution is -2.10. The highest BCUT2D eigenvalue weighted by Crippen LogP contribution is 2.18. The summed E-state index contributed by atoms with van der Waals surface area (Å²) in [5.41, 5.74) is 8.72. The van der Waals surface area contributed by atoms with Crippen LogP contribution in [0.2, 0.25) is 0 Å². The van der Waals surface area contributed by atoms with Gasteiger partial charge in [0.25, 0.3) is 0 Å². The highest BCUT2D eigenvalue weighted by atomic mass is 35.5. The predicted molar refractivity (Wildman–Crippen MR) is 95.1 cm³/mol. The van der Waals surface area contributed by atoms with Gasteiger partial charge in [-0.1, -0.05) is 6.07 Å². The molecule has 23 heavy (non-hydrogen) atoms. The van der Waals surface area contributed by atoms with E-state index in [0.29, 0.717) is 12.2 Å². The standard InChI is InChI=1S/C15H15N5O.2ClH/c1-21-8-11-3-2-4-14(19-11)20-9-18-12-7-10(15(16)17)5-6-13(12)20;;/h2-7,9H,8H2,1H3,(H3,16,17);2*1H. The lowest BCUT2D eigenvalue weighted by molar-refractivity contribution is 0.181. The van der Waals surface area contributed by atoms with E-state index in [1.165, 1.54) is 0 Å². The zero-order chi connectivity index (χ0) is 14.8. The summed E-state index contributed by atoms with van der Waals surface area (Å²) in [6, 6.07) is 11.3. The predicted octanol–water partition coefficient (Wildman–Crippen LogP) is 2.69. The fraction of sp³-hybridized carbons (Fsp3) is 0.133. The molecule has 3 aromatic rings. The number of nitrogens with two attached hydrogens (primary N) is 1. The van der Waals surface area contributed by atoms with Crippen molar-refractivity contribution < 1.29 is 4.74 Å². The van der Waals surface area contributed by atoms with Crippen LogP contribution < -0.4 is 5.73 Å². The first-order valence-electron chi connectivity index (χ1n) is 6.46. The van der Waals surface area contributed by atoms with Crippen LogP contribution in [0, 0.1) is 5.41 Å². The molecule has 0 aliphatic rings. The van der Waals surface area contributed by atoms with Crippen LogP contribution in [0.1, 0.15) is 11.3 Å². The third kappa shape index (κ3) is 3.79. The topological polar surface area (TPSA) is 89.8 Å². The molecular weight excluding hydrogens is 337 g/mol. The monoisotopic (exact) mass is 353 g/mol. The summed E-state index contributed by atoms with van der Waals surface area (Å²) in [5, 5.41) is 7.47. The number of hydrogen-bond acceptors (Lipinski definition) is 4. The van der Waals surface area contributed by atoms with Crippen LogP contribution in [0.3, 0.4) is 0 Å². The molecule has 2 aromatic heterocycles. The van der Waals surface area contributed by atoms with Crippen molar-refractivity contribution in [2.24, 2.45) is 5.73 Å². The van der Waals surface area contributed by atoms with Gasteiger partial charge in [0, 0.05) is 12.7 Å². The van der Waals surface area contributed by atoms with Gasteiger partial charge in [0.2, 0.25) is 0 Å². The maximum atomic E-state index is 7.47. The largest absolute Gasteiger partial charge is 0.384 e. The van der Waals surface area contributed by atoms with Crippen molar-refractivity contribution in [2.75, 3.05) is 7.11 Å². The lowest BCUT2D eigenvalue weighted by Gasteiger charge is -2.06. The molecular formula is C15H17Cl2N5O. The molecule has 2 heterocycles. The number of imidazole rings is 1. The van der Waals surface area contributed by atoms with Crippen molar-refractivity contribution in [2.45, 2.75) is 6.61 Å². The molecule has 1 aromatic carbocycles. The van der Waals surface area contributed by atoms with Crippen molar-refractivity contribution in [3.05, 3.63) is 54.0 Å². The molecule has 0 aliphatic heterocycles. The van der Waals surface area contributed by atoms with E-state index in [1.54, 1.807) is 19.5 Å². The van der Waals surface area contributed by atoms with Gasteiger partial charge in [0.05, 0.1) is 23.3 Å². The molecule has 0 saturated carbocycles. The van der Waals surface area contributed by atoms with Crippen LogP contribution in [-0.4, -0.2) is 27.5 Å². The van der Waals surface area contributed by atoms with E-state index in [0.717, 1.165) is 22.5 Å². The average Bonchev–Trinajstić information content (AvgIpc) is 2.90. The molecule has 0 spiro atoms. The highest BCUT2D eigenvalue weighted by molar-refractivity contribution is 5.98. The number of hydrogen-bond donors (Lipinski definition) is 2. The summed E-state index contributed by atoms with van der Waals surface area (Å²) in [6.07, 6.45) is 1.72. The zero-order valence-corrected chi connectivity index (χ0v) is 14.0. The maximum absolute atomic E-state index is 7.47. The van der Waals surface area contributed by atoms with E-state index < -0.39 is 0 Å². The first-order chi connectivity index (χ1) is 10.2. The number of rotatable bonds is 4. The van der Waals surface area contributed by atoms with Crippen LogP contribution >= 0.6 is 24.8 Å². The number of nitrogen functional groups attached to an aromatic ring is 1. The summed E-state index contributed by atoms with van der Waals surface area (Å²) < 4.78 is 7.01. The molecule has 0 atom stereocenters. The van der Waals surface area contributed by atoms with E-state index in [1.807, 2.05) is 34.9 Å². The molecule has 122 valence electrons. The zero-order valence-electron chi connectivity index (χ0n) is 12.4. The minimum atomic E-state index is 0. The molecule has 0 bridgehead atoms. The van der Waals surface area contributed by atoms with Crippen molar-refractivity contribution in [1.82, 2.24) is 14.5 Å². The van der Waals surface area contributed by atoms with Gasteiger partial charge in [-0.2, -0.15) is 0 Å². The van der Waals surface area contributed by atoms with Gasteiger partial charge in [-0.15, -0.1) is 24.8 Å². The normalized spacial score (nSPS) is 9.96. The molecule has 0 fully saturated rings. The lowest BCUT2D eigenvalue weighted by atomic mass is 10.2. The second-order valence-corrected chi connectivity index (χ2v) is 4.65. The smallest absolute Gasteiger partial charge is 0.138 e. The van der Waals surface area contributed by atoms with E-state index in [4.69, 9.17) is 15.9 Å². The van der Waals surface area contributed by atoms with Crippen LogP contribution in [0.5, 0.6) is 0 Å². The number of fused-ring (bicyclic) bond motifs is 1. The molecule has 0 unspecified atom stereocenters. The Morgan fingerprint density at radius 1 is 1.26 bits per heavy atom. The van der Waals surface area contributed by atoms with Crippen LogP contribution in [0.15, 0.2) is 42.7 Å². The first-order valence-corrected chi connectivity index (χ1v) is 6.46. The summed E-state index contributed by atoms with van der Waals surface area (Å²) in [6.45, 7) is 0.467. The van der Waals surface area contributed by atoms with Crippen molar-refractivity contribution >= 4 is 41.7 Å². The quantitative estimate of drug-likeness (QED) is 0.557. The number of aromatic nitrogens is 3. The second kappa shape index (κ2) is 7.92. The molecule has 8 heteroatoms. The van der Waals surface area contributed by atoms with Crippen molar-refractivity contribution in [3.8, 4) is 5.82 Å². The molecule has 0 aliphatic carbocycles. The average molecular weight is 354 g/mol. The van der Waals surface area contributed by atoms with Crippen molar-refractivity contribution in [3.63, 3.8) is 0 Å². The van der Waals surface area contributed by atoms with E-state index >= 15 is 0 Å². The van der Waals surface area contributed by atoms with Crippen LogP contribution in [0.25, 0.3) is 16.9 Å². The summed E-state index contributed by atoms with van der Waals surface area (Å²) in [4.78, 5) is 8.90. The summed E-state index contributed by atoms with van der Waals surface area (Å²) in [7, 11) is 1.64. The van der Waals surface area contributed by atoms with Gasteiger partial charge in [-0.3, -0.25) is 9.98 Å². The van der Waals surface area contributed by atoms with Gasteiger partial charge in [0.15, 0.2) is 0 Å². The second-order valence-electron chi connectivity index (χ2n) is 4.65. The van der Waals surface area contributed by atoms with Gasteiger partial charge in [-0.25, -0.2) is 9.97 Å². The number of methoxy groups -OCH3 is 1. The number of nitrogens with zero attached hydrogens (tertiary/aromatic N) is 3. The Morgan fingerprint density at radius 3 is 2.74 bits per heavy atom. The Morgan fingerprint density at radius 2 is 2.04 bits per heavy atom. The molecule has 3 rings (SSSR count). The Kier molecular flexibility index (Phi) is 6.50. The Balaban J connectivity index is 0.00000132. The molecule has 0 saturated heterocycles. The van der Waals surface area contributed by atoms with E-state index in [-0.39, 0.29) is 30.6 Å². The number of halogens is 2. The molecule has 0 amide bonds. The number of amidine groups is 1. The Labute approximate surface area is 146 Å². The van der Waals surface area contributed by atoms with Crippen molar-refractivity contribution in [1.29, 1.82) is 5.41 Å². The Hall–Kier alpha value is -2.15. The molecule has 6 nitrogen and oxygen atoms in total. The first kappa shape index (κ1) is 18.9. The van der Waals surface area contributed by atoms with Gasteiger partial charge in [0.1, 0.15) is 18.0 Å². The van der Waals surface area contributed by atoms with Crippen LogP contribution in [-0.2, 0) is 11.3 Å². The molecule has 3 N–H and O–H groups in total. The number of nitrogens with one attached hydrogen (secondary N) is 1. The third-order valence-electron chi connectivity index (χ3n) is 3.19. The summed E-state index contributed by atoms with van der Waals surface area (Å²) in [5.74, 6) is 0.814. The Bertz CT molecular complexity index is 818. The minimum Gasteiger partial charge on any atom is -0.384 e. The number of ether oxygens (including phenoxy) is 1. The van der Waals surface area contributed by atoms with Crippen LogP contribution in [0.4, 0.5) is 0 Å². The molecule has 0 radical (unpaired) electrons. The fourth-order valence-corrected chi connectivity index (χ4v) is 2.19. The third-order valence-corrected chi connectivity index (χ3v) is 3.19. The highest BCUT2D eigenvalue weighted by Gasteiger charge is 2.08. The van der Waals surface area contributed by atoms with Gasteiger partial charge < -0.3 is 10.5 Å². The summed E-state index contributed by atoms with van der Waals surface area (Å²) >= 11 is 0. The van der Waals surface area contributed by atoms with Gasteiger partial charge >= 0.3 is 0 Å². The number of pyridine rings is 1. The minimum absolute atomic E-state index is 0.